The molecule has 3 nitrogen and oxygen atoms in total. The van der Waals surface area contributed by atoms with Gasteiger partial charge in [0.15, 0.2) is 0 Å². The van der Waals surface area contributed by atoms with Crippen molar-refractivity contribution in [2.45, 2.75) is 38.9 Å². The zero-order chi connectivity index (χ0) is 12.3. The lowest BCUT2D eigenvalue weighted by Gasteiger charge is -2.25. The fourth-order valence-corrected chi connectivity index (χ4v) is 4.39. The van der Waals surface area contributed by atoms with Crippen LogP contribution >= 0.6 is 27.3 Å². The van der Waals surface area contributed by atoms with Gasteiger partial charge in [-0.1, -0.05) is 0 Å². The van der Waals surface area contributed by atoms with E-state index in [2.05, 4.69) is 15.9 Å². The van der Waals surface area contributed by atoms with Crippen LogP contribution in [0.2, 0.25) is 0 Å². The lowest BCUT2D eigenvalue weighted by Crippen LogP contribution is -2.23. The van der Waals surface area contributed by atoms with Gasteiger partial charge in [-0.05, 0) is 43.6 Å². The molecule has 0 saturated carbocycles. The number of hydrogen-bond donors (Lipinski definition) is 1. The number of halogens is 1. The highest BCUT2D eigenvalue weighted by Gasteiger charge is 2.48. The smallest absolute Gasteiger partial charge is 0.338 e. The van der Waals surface area contributed by atoms with Crippen LogP contribution in [0.25, 0.3) is 0 Å². The molecule has 88 valence electrons. The molecule has 0 aliphatic carbocycles. The molecule has 0 aromatic carbocycles. The molecule has 16 heavy (non-hydrogen) atoms. The Balaban J connectivity index is 2.77. The Morgan fingerprint density at radius 3 is 2.38 bits per heavy atom. The van der Waals surface area contributed by atoms with Crippen molar-refractivity contribution in [1.29, 1.82) is 0 Å². The zero-order valence-electron chi connectivity index (χ0n) is 9.55. The third kappa shape index (κ3) is 1.53. The number of fused-ring (bicyclic) bond motifs is 1. The van der Waals surface area contributed by atoms with Crippen LogP contribution in [0, 0.1) is 0 Å². The van der Waals surface area contributed by atoms with Crippen molar-refractivity contribution in [2.75, 3.05) is 0 Å². The van der Waals surface area contributed by atoms with Crippen molar-refractivity contribution in [3.63, 3.8) is 0 Å². The minimum Gasteiger partial charge on any atom is -0.478 e. The van der Waals surface area contributed by atoms with Crippen LogP contribution < -0.4 is 0 Å². The predicted molar refractivity (Wildman–Crippen MR) is 66.1 cm³/mol. The highest BCUT2D eigenvalue weighted by molar-refractivity contribution is 9.11. The van der Waals surface area contributed by atoms with Gasteiger partial charge in [0.25, 0.3) is 0 Å². The molecule has 0 atom stereocenters. The van der Waals surface area contributed by atoms with Crippen molar-refractivity contribution in [1.82, 2.24) is 0 Å². The molecular formula is C11H13BrO3S. The molecule has 2 rings (SSSR count). The summed E-state index contributed by atoms with van der Waals surface area (Å²) in [5.41, 5.74) is 0.187. The van der Waals surface area contributed by atoms with Gasteiger partial charge >= 0.3 is 5.97 Å². The van der Waals surface area contributed by atoms with Gasteiger partial charge < -0.3 is 9.84 Å². The Hall–Kier alpha value is -0.390. The second-order valence-electron chi connectivity index (χ2n) is 4.88. The van der Waals surface area contributed by atoms with Gasteiger partial charge in [-0.3, -0.25) is 0 Å². The van der Waals surface area contributed by atoms with Crippen molar-refractivity contribution in [2.24, 2.45) is 0 Å². The largest absolute Gasteiger partial charge is 0.478 e. The highest BCUT2D eigenvalue weighted by atomic mass is 79.9. The number of carboxylic acid groups (broad SMARTS) is 1. The van der Waals surface area contributed by atoms with Crippen LogP contribution in [0.1, 0.15) is 48.5 Å². The van der Waals surface area contributed by atoms with Crippen molar-refractivity contribution >= 4 is 33.2 Å². The zero-order valence-corrected chi connectivity index (χ0v) is 12.0. The normalized spacial score (nSPS) is 20.8. The van der Waals surface area contributed by atoms with E-state index in [1.54, 1.807) is 0 Å². The average Bonchev–Trinajstić information content (AvgIpc) is 2.48. The number of hydrogen-bond acceptors (Lipinski definition) is 3. The monoisotopic (exact) mass is 304 g/mol. The molecule has 0 bridgehead atoms. The molecule has 2 heterocycles. The molecule has 1 aliphatic heterocycles. The Kier molecular flexibility index (Phi) is 2.50. The SMILES string of the molecule is CC1(C)OC(C)(C)c2c1sc(Br)c2C(=O)O. The minimum absolute atomic E-state index is 0.343. The summed E-state index contributed by atoms with van der Waals surface area (Å²) in [6.45, 7) is 7.75. The Morgan fingerprint density at radius 2 is 1.88 bits per heavy atom. The van der Waals surface area contributed by atoms with E-state index in [1.807, 2.05) is 27.7 Å². The molecule has 1 aromatic heterocycles. The molecule has 1 aliphatic rings. The van der Waals surface area contributed by atoms with Gasteiger partial charge in [0.2, 0.25) is 0 Å². The van der Waals surface area contributed by atoms with Gasteiger partial charge in [0, 0.05) is 10.4 Å². The molecule has 1 N–H and O–H groups in total. The first-order valence-corrected chi connectivity index (χ1v) is 6.54. The predicted octanol–water partition coefficient (Wildman–Crippen LogP) is 3.71. The molecule has 0 saturated heterocycles. The third-order valence-corrected chi connectivity index (χ3v) is 4.90. The lowest BCUT2D eigenvalue weighted by molar-refractivity contribution is -0.104. The lowest BCUT2D eigenvalue weighted by atomic mass is 9.94. The summed E-state index contributed by atoms with van der Waals surface area (Å²) < 4.78 is 6.59. The second kappa shape index (κ2) is 3.31. The molecule has 0 spiro atoms. The van der Waals surface area contributed by atoms with Crippen LogP contribution in [0.3, 0.4) is 0 Å². The van der Waals surface area contributed by atoms with Gasteiger partial charge in [0.05, 0.1) is 20.6 Å². The topological polar surface area (TPSA) is 46.5 Å². The molecule has 0 amide bonds. The van der Waals surface area contributed by atoms with E-state index in [-0.39, 0.29) is 0 Å². The van der Waals surface area contributed by atoms with Crippen molar-refractivity contribution in [3.05, 3.63) is 19.8 Å². The fourth-order valence-electron chi connectivity index (χ4n) is 2.33. The summed E-state index contributed by atoms with van der Waals surface area (Å²) in [4.78, 5) is 12.3. The Morgan fingerprint density at radius 1 is 1.31 bits per heavy atom. The van der Waals surface area contributed by atoms with Crippen molar-refractivity contribution in [3.8, 4) is 0 Å². The third-order valence-electron chi connectivity index (χ3n) is 2.74. The van der Waals surface area contributed by atoms with E-state index in [9.17, 15) is 9.90 Å². The van der Waals surface area contributed by atoms with E-state index in [0.717, 1.165) is 10.4 Å². The summed E-state index contributed by atoms with van der Waals surface area (Å²) in [6, 6.07) is 0. The maximum absolute atomic E-state index is 11.3. The van der Waals surface area contributed by atoms with Gasteiger partial charge in [0.1, 0.15) is 0 Å². The van der Waals surface area contributed by atoms with Crippen LogP contribution in [0.15, 0.2) is 3.79 Å². The van der Waals surface area contributed by atoms with Gasteiger partial charge in [-0.2, -0.15) is 0 Å². The van der Waals surface area contributed by atoms with Gasteiger partial charge in [-0.25, -0.2) is 4.79 Å². The number of ether oxygens (including phenoxy) is 1. The summed E-state index contributed by atoms with van der Waals surface area (Å²) in [5, 5.41) is 9.24. The highest BCUT2D eigenvalue weighted by Crippen LogP contribution is 2.53. The molecule has 5 heteroatoms. The number of aromatic carboxylic acids is 1. The number of carboxylic acids is 1. The second-order valence-corrected chi connectivity index (χ2v) is 7.22. The summed E-state index contributed by atoms with van der Waals surface area (Å²) in [6.07, 6.45) is 0. The van der Waals surface area contributed by atoms with E-state index >= 15 is 0 Å². The molecular weight excluding hydrogens is 292 g/mol. The maximum Gasteiger partial charge on any atom is 0.338 e. The van der Waals surface area contributed by atoms with Crippen LogP contribution in [0.4, 0.5) is 0 Å². The van der Waals surface area contributed by atoms with Crippen LogP contribution in [0.5, 0.6) is 0 Å². The van der Waals surface area contributed by atoms with Crippen LogP contribution in [-0.4, -0.2) is 11.1 Å². The molecule has 0 fully saturated rings. The average molecular weight is 305 g/mol. The first-order chi connectivity index (χ1) is 7.17. The summed E-state index contributed by atoms with van der Waals surface area (Å²) in [5.74, 6) is -0.904. The van der Waals surface area contributed by atoms with Gasteiger partial charge in [-0.15, -0.1) is 11.3 Å². The first kappa shape index (κ1) is 12.1. The van der Waals surface area contributed by atoms with E-state index in [0.29, 0.717) is 9.35 Å². The fraction of sp³-hybridized carbons (Fsp3) is 0.545. The number of thiophene rings is 1. The number of carbonyl (C=O) groups is 1. The summed E-state index contributed by atoms with van der Waals surface area (Å²) in [7, 11) is 0. The number of rotatable bonds is 1. The first-order valence-electron chi connectivity index (χ1n) is 4.93. The Bertz CT molecular complexity index is 474. The minimum atomic E-state index is -0.904. The van der Waals surface area contributed by atoms with E-state index in [1.165, 1.54) is 11.3 Å². The standard InChI is InChI=1S/C11H13BrO3S/c1-10(2)6-5(9(13)14)8(12)16-7(6)11(3,4)15-10/h1-4H3,(H,13,14). The Labute approximate surface area is 107 Å². The molecule has 1 aromatic rings. The van der Waals surface area contributed by atoms with E-state index in [4.69, 9.17) is 4.74 Å². The van der Waals surface area contributed by atoms with Crippen molar-refractivity contribution < 1.29 is 14.6 Å². The summed E-state index contributed by atoms with van der Waals surface area (Å²) >= 11 is 4.78. The van der Waals surface area contributed by atoms with Crippen LogP contribution in [-0.2, 0) is 15.9 Å². The van der Waals surface area contributed by atoms with E-state index < -0.39 is 17.2 Å². The molecule has 0 unspecified atom stereocenters. The maximum atomic E-state index is 11.3. The quantitative estimate of drug-likeness (QED) is 0.860. The molecule has 0 radical (unpaired) electrons.